The van der Waals surface area contributed by atoms with E-state index in [0.717, 1.165) is 38.9 Å². The molecule has 1 fully saturated rings. The molecule has 0 atom stereocenters. The number of carbonyl (C=O) groups is 2. The molecule has 172 valence electrons. The zero-order chi connectivity index (χ0) is 23.1. The van der Waals surface area contributed by atoms with Gasteiger partial charge in [-0.15, -0.1) is 0 Å². The van der Waals surface area contributed by atoms with Crippen molar-refractivity contribution in [1.29, 1.82) is 0 Å². The van der Waals surface area contributed by atoms with Crippen molar-refractivity contribution in [3.05, 3.63) is 53.3 Å². The van der Waals surface area contributed by atoms with Crippen LogP contribution in [0.15, 0.2) is 36.4 Å². The van der Waals surface area contributed by atoms with Crippen molar-refractivity contribution in [1.82, 2.24) is 4.90 Å². The van der Waals surface area contributed by atoms with Crippen LogP contribution < -0.4 is 9.47 Å². The van der Waals surface area contributed by atoms with E-state index in [2.05, 4.69) is 4.90 Å². The van der Waals surface area contributed by atoms with Crippen LogP contribution in [0.5, 0.6) is 17.2 Å². The van der Waals surface area contributed by atoms with Crippen molar-refractivity contribution in [3.63, 3.8) is 0 Å². The molecule has 1 heterocycles. The number of benzene rings is 2. The standard InChI is InChI=1S/C25H30FNO5/c1-31-23-15-20(22(29)16-24(23)32-2)21(28)5-3-4-12-27-13-10-18(11-14-27)25(30)17-6-8-19(26)9-7-17/h6-9,15-16,18,29H,3-5,10-14H2,1-2H3. The number of phenolic OH excluding ortho intramolecular Hbond substituents is 1. The number of likely N-dealkylation sites (tertiary alicyclic amines) is 1. The molecule has 0 amide bonds. The molecular weight excluding hydrogens is 413 g/mol. The van der Waals surface area contributed by atoms with Gasteiger partial charge in [0.25, 0.3) is 0 Å². The Bertz CT molecular complexity index is 936. The number of halogens is 1. The lowest BCUT2D eigenvalue weighted by molar-refractivity contribution is 0.0836. The Morgan fingerprint density at radius 1 is 1.03 bits per heavy atom. The molecule has 32 heavy (non-hydrogen) atoms. The number of ketones is 2. The lowest BCUT2D eigenvalue weighted by Gasteiger charge is -2.31. The van der Waals surface area contributed by atoms with Crippen molar-refractivity contribution in [2.24, 2.45) is 5.92 Å². The number of phenols is 1. The summed E-state index contributed by atoms with van der Waals surface area (Å²) in [5, 5.41) is 10.1. The number of carbonyl (C=O) groups excluding carboxylic acids is 2. The number of Topliss-reactive ketones (excluding diaryl/α,β-unsaturated/α-hetero) is 2. The van der Waals surface area contributed by atoms with Crippen LogP contribution in [0.25, 0.3) is 0 Å². The van der Waals surface area contributed by atoms with Gasteiger partial charge in [0, 0.05) is 24.0 Å². The Hall–Kier alpha value is -2.93. The summed E-state index contributed by atoms with van der Waals surface area (Å²) in [6.07, 6.45) is 3.48. The molecule has 0 aromatic heterocycles. The van der Waals surface area contributed by atoms with E-state index in [9.17, 15) is 19.1 Å². The summed E-state index contributed by atoms with van der Waals surface area (Å²) in [4.78, 5) is 27.4. The lowest BCUT2D eigenvalue weighted by atomic mass is 9.89. The predicted octanol–water partition coefficient (Wildman–Crippen LogP) is 4.50. The smallest absolute Gasteiger partial charge is 0.166 e. The molecule has 0 unspecified atom stereocenters. The molecule has 0 saturated carbocycles. The molecule has 0 bridgehead atoms. The Balaban J connectivity index is 1.41. The molecule has 1 N–H and O–H groups in total. The number of ether oxygens (including phenoxy) is 2. The van der Waals surface area contributed by atoms with Gasteiger partial charge in [-0.3, -0.25) is 9.59 Å². The van der Waals surface area contributed by atoms with Gasteiger partial charge in [0.15, 0.2) is 23.1 Å². The topological polar surface area (TPSA) is 76.1 Å². The lowest BCUT2D eigenvalue weighted by Crippen LogP contribution is -2.37. The Labute approximate surface area is 187 Å². The minimum Gasteiger partial charge on any atom is -0.507 e. The molecule has 1 saturated heterocycles. The molecule has 0 aliphatic carbocycles. The summed E-state index contributed by atoms with van der Waals surface area (Å²) in [6, 6.07) is 8.66. The van der Waals surface area contributed by atoms with Gasteiger partial charge in [-0.1, -0.05) is 0 Å². The highest BCUT2D eigenvalue weighted by Gasteiger charge is 2.25. The summed E-state index contributed by atoms with van der Waals surface area (Å²) >= 11 is 0. The first-order valence-electron chi connectivity index (χ1n) is 10.9. The minimum absolute atomic E-state index is 0.0219. The quantitative estimate of drug-likeness (QED) is 0.431. The molecule has 1 aliphatic heterocycles. The fraction of sp³-hybridized carbons (Fsp3) is 0.440. The first-order chi connectivity index (χ1) is 15.4. The monoisotopic (exact) mass is 443 g/mol. The second kappa shape index (κ2) is 11.1. The van der Waals surface area contributed by atoms with Gasteiger partial charge in [-0.05, 0) is 75.6 Å². The molecule has 1 aliphatic rings. The number of aromatic hydroxyl groups is 1. The van der Waals surface area contributed by atoms with E-state index in [1.165, 1.54) is 38.5 Å². The maximum absolute atomic E-state index is 13.1. The summed E-state index contributed by atoms with van der Waals surface area (Å²) in [6.45, 7) is 2.53. The number of nitrogens with zero attached hydrogens (tertiary/aromatic N) is 1. The van der Waals surface area contributed by atoms with E-state index in [-0.39, 0.29) is 34.6 Å². The van der Waals surface area contributed by atoms with Crippen LogP contribution in [0.1, 0.15) is 52.8 Å². The van der Waals surface area contributed by atoms with E-state index in [4.69, 9.17) is 9.47 Å². The first-order valence-corrected chi connectivity index (χ1v) is 10.9. The van der Waals surface area contributed by atoms with Gasteiger partial charge in [-0.2, -0.15) is 0 Å². The number of hydrogen-bond donors (Lipinski definition) is 1. The largest absolute Gasteiger partial charge is 0.507 e. The SMILES string of the molecule is COc1cc(O)c(C(=O)CCCCN2CCC(C(=O)c3ccc(F)cc3)CC2)cc1OC. The average Bonchev–Trinajstić information content (AvgIpc) is 2.81. The number of piperidine rings is 1. The molecule has 2 aromatic rings. The van der Waals surface area contributed by atoms with E-state index in [1.54, 1.807) is 12.1 Å². The highest BCUT2D eigenvalue weighted by atomic mass is 19.1. The fourth-order valence-electron chi connectivity index (χ4n) is 4.12. The molecular formula is C25H30FNO5. The van der Waals surface area contributed by atoms with Crippen molar-refractivity contribution < 1.29 is 28.6 Å². The Kier molecular flexibility index (Phi) is 8.22. The number of unbranched alkanes of at least 4 members (excludes halogenated alkanes) is 1. The maximum Gasteiger partial charge on any atom is 0.166 e. The van der Waals surface area contributed by atoms with Crippen molar-refractivity contribution in [2.75, 3.05) is 33.9 Å². The zero-order valence-corrected chi connectivity index (χ0v) is 18.6. The predicted molar refractivity (Wildman–Crippen MR) is 119 cm³/mol. The maximum atomic E-state index is 13.1. The van der Waals surface area contributed by atoms with Crippen LogP contribution in [-0.2, 0) is 0 Å². The van der Waals surface area contributed by atoms with Gasteiger partial charge in [0.05, 0.1) is 19.8 Å². The summed E-state index contributed by atoms with van der Waals surface area (Å²) in [5.41, 5.74) is 0.810. The highest BCUT2D eigenvalue weighted by Crippen LogP contribution is 2.34. The van der Waals surface area contributed by atoms with Crippen molar-refractivity contribution in [3.8, 4) is 17.2 Å². The zero-order valence-electron chi connectivity index (χ0n) is 18.6. The minimum atomic E-state index is -0.337. The second-order valence-electron chi connectivity index (χ2n) is 8.09. The van der Waals surface area contributed by atoms with E-state index in [0.29, 0.717) is 29.9 Å². The molecule has 0 spiro atoms. The van der Waals surface area contributed by atoms with Crippen LogP contribution >= 0.6 is 0 Å². The highest BCUT2D eigenvalue weighted by molar-refractivity contribution is 5.99. The number of rotatable bonds is 10. The van der Waals surface area contributed by atoms with Gasteiger partial charge in [0.2, 0.25) is 0 Å². The number of hydrogen-bond acceptors (Lipinski definition) is 6. The van der Waals surface area contributed by atoms with Crippen molar-refractivity contribution >= 4 is 11.6 Å². The summed E-state index contributed by atoms with van der Waals surface area (Å²) < 4.78 is 23.4. The average molecular weight is 444 g/mol. The van der Waals surface area contributed by atoms with Gasteiger partial charge in [-0.25, -0.2) is 4.39 Å². The Morgan fingerprint density at radius 3 is 2.28 bits per heavy atom. The molecule has 7 heteroatoms. The normalized spacial score (nSPS) is 14.8. The van der Waals surface area contributed by atoms with Gasteiger partial charge in [0.1, 0.15) is 11.6 Å². The summed E-state index contributed by atoms with van der Waals surface area (Å²) in [7, 11) is 2.96. The van der Waals surface area contributed by atoms with E-state index < -0.39 is 0 Å². The molecule has 0 radical (unpaired) electrons. The van der Waals surface area contributed by atoms with Crippen LogP contribution in [0.3, 0.4) is 0 Å². The van der Waals surface area contributed by atoms with E-state index in [1.807, 2.05) is 0 Å². The molecule has 2 aromatic carbocycles. The van der Waals surface area contributed by atoms with Gasteiger partial charge >= 0.3 is 0 Å². The van der Waals surface area contributed by atoms with Crippen LogP contribution in [-0.4, -0.2) is 55.4 Å². The van der Waals surface area contributed by atoms with Crippen LogP contribution in [0.2, 0.25) is 0 Å². The molecule has 3 rings (SSSR count). The van der Waals surface area contributed by atoms with Crippen LogP contribution in [0, 0.1) is 11.7 Å². The third-order valence-electron chi connectivity index (χ3n) is 6.02. The molecule has 6 nitrogen and oxygen atoms in total. The summed E-state index contributed by atoms with van der Waals surface area (Å²) in [5.74, 6) is 0.273. The van der Waals surface area contributed by atoms with E-state index >= 15 is 0 Å². The van der Waals surface area contributed by atoms with Crippen molar-refractivity contribution in [2.45, 2.75) is 32.1 Å². The first kappa shape index (κ1) is 23.7. The fourth-order valence-corrected chi connectivity index (χ4v) is 4.12. The number of methoxy groups -OCH3 is 2. The third kappa shape index (κ3) is 5.85. The second-order valence-corrected chi connectivity index (χ2v) is 8.09. The van der Waals surface area contributed by atoms with Crippen LogP contribution in [0.4, 0.5) is 4.39 Å². The Morgan fingerprint density at radius 2 is 1.66 bits per heavy atom. The van der Waals surface area contributed by atoms with Gasteiger partial charge < -0.3 is 19.5 Å². The third-order valence-corrected chi connectivity index (χ3v) is 6.02.